The molecule has 0 bridgehead atoms. The zero-order chi connectivity index (χ0) is 13.5. The second-order valence-electron chi connectivity index (χ2n) is 4.21. The van der Waals surface area contributed by atoms with Gasteiger partial charge in [-0.25, -0.2) is 4.79 Å². The van der Waals surface area contributed by atoms with Crippen molar-refractivity contribution in [2.24, 2.45) is 0 Å². The molecule has 18 heavy (non-hydrogen) atoms. The van der Waals surface area contributed by atoms with E-state index in [9.17, 15) is 14.4 Å². The van der Waals surface area contributed by atoms with Crippen LogP contribution >= 0.6 is 0 Å². The first-order valence-corrected chi connectivity index (χ1v) is 5.89. The van der Waals surface area contributed by atoms with Crippen LogP contribution in [0, 0.1) is 0 Å². The minimum atomic E-state index is -0.376. The number of carbonyl (C=O) groups is 3. The molecule has 1 heterocycles. The van der Waals surface area contributed by atoms with Crippen molar-refractivity contribution in [2.75, 3.05) is 6.61 Å². The summed E-state index contributed by atoms with van der Waals surface area (Å²) < 4.78 is 4.93. The number of nitrogens with one attached hydrogen (secondary N) is 1. The molecule has 0 aliphatic carbocycles. The smallest absolute Gasteiger partial charge is 0.333 e. The van der Waals surface area contributed by atoms with Gasteiger partial charge in [0.1, 0.15) is 0 Å². The first kappa shape index (κ1) is 14.2. The van der Waals surface area contributed by atoms with E-state index in [2.05, 4.69) is 11.9 Å². The fourth-order valence-corrected chi connectivity index (χ4v) is 1.52. The number of amides is 2. The molecule has 2 amide bonds. The van der Waals surface area contributed by atoms with Gasteiger partial charge in [-0.15, -0.1) is 0 Å². The number of imide groups is 1. The third-order valence-electron chi connectivity index (χ3n) is 2.51. The molecular weight excluding hydrogens is 234 g/mol. The molecule has 0 spiro atoms. The second-order valence-corrected chi connectivity index (χ2v) is 4.21. The van der Waals surface area contributed by atoms with Gasteiger partial charge in [0.2, 0.25) is 0 Å². The van der Waals surface area contributed by atoms with E-state index in [1.54, 1.807) is 6.92 Å². The number of carbonyl (C=O) groups excluding carboxylic acids is 3. The number of rotatable bonds is 7. The molecule has 0 aromatic carbocycles. The van der Waals surface area contributed by atoms with E-state index in [0.717, 1.165) is 19.3 Å². The van der Waals surface area contributed by atoms with Crippen LogP contribution in [0.15, 0.2) is 23.8 Å². The fraction of sp³-hybridized carbons (Fsp3) is 0.462. The van der Waals surface area contributed by atoms with Crippen LogP contribution in [0.2, 0.25) is 0 Å². The Morgan fingerprint density at radius 3 is 2.61 bits per heavy atom. The van der Waals surface area contributed by atoms with Crippen LogP contribution in [0.5, 0.6) is 0 Å². The Morgan fingerprint density at radius 1 is 1.33 bits per heavy atom. The molecule has 0 aromatic heterocycles. The molecule has 1 aliphatic heterocycles. The van der Waals surface area contributed by atoms with Gasteiger partial charge < -0.3 is 4.74 Å². The van der Waals surface area contributed by atoms with Crippen molar-refractivity contribution in [1.29, 1.82) is 0 Å². The molecule has 1 rings (SSSR count). The van der Waals surface area contributed by atoms with E-state index in [1.165, 1.54) is 6.08 Å². The lowest BCUT2D eigenvalue weighted by Crippen LogP contribution is -2.22. The van der Waals surface area contributed by atoms with Gasteiger partial charge in [0, 0.05) is 17.2 Å². The van der Waals surface area contributed by atoms with E-state index < -0.39 is 0 Å². The summed E-state index contributed by atoms with van der Waals surface area (Å²) >= 11 is 0. The Bertz CT molecular complexity index is 409. The molecule has 0 radical (unpaired) electrons. The summed E-state index contributed by atoms with van der Waals surface area (Å²) in [6, 6.07) is 0. The van der Waals surface area contributed by atoms with Crippen LogP contribution in [-0.4, -0.2) is 24.4 Å². The molecule has 0 saturated heterocycles. The third kappa shape index (κ3) is 4.53. The highest BCUT2D eigenvalue weighted by Crippen LogP contribution is 2.12. The maximum Gasteiger partial charge on any atom is 0.333 e. The average Bonchev–Trinajstić information content (AvgIpc) is 2.61. The number of hydrogen-bond donors (Lipinski definition) is 1. The molecule has 0 unspecified atom stereocenters. The molecule has 1 N–H and O–H groups in total. The normalized spacial score (nSPS) is 14.2. The topological polar surface area (TPSA) is 72.5 Å². The molecule has 5 heteroatoms. The Kier molecular flexibility index (Phi) is 5.30. The van der Waals surface area contributed by atoms with Crippen molar-refractivity contribution in [3.05, 3.63) is 23.8 Å². The fourth-order valence-electron chi connectivity index (χ4n) is 1.52. The largest absolute Gasteiger partial charge is 0.462 e. The van der Waals surface area contributed by atoms with Crippen LogP contribution < -0.4 is 5.32 Å². The predicted molar refractivity (Wildman–Crippen MR) is 65.5 cm³/mol. The highest BCUT2D eigenvalue weighted by molar-refractivity contribution is 6.16. The van der Waals surface area contributed by atoms with E-state index in [-0.39, 0.29) is 17.8 Å². The Hall–Kier alpha value is -1.91. The van der Waals surface area contributed by atoms with E-state index >= 15 is 0 Å². The average molecular weight is 251 g/mol. The summed E-state index contributed by atoms with van der Waals surface area (Å²) in [7, 11) is 0. The van der Waals surface area contributed by atoms with Crippen molar-refractivity contribution in [1.82, 2.24) is 5.32 Å². The van der Waals surface area contributed by atoms with Gasteiger partial charge in [-0.2, -0.15) is 0 Å². The quantitative estimate of drug-likeness (QED) is 0.320. The summed E-state index contributed by atoms with van der Waals surface area (Å²) in [5.41, 5.74) is 0.917. The SMILES string of the molecule is C=C(C)C(=O)OCCCCCC1=CC(=O)NC1=O. The van der Waals surface area contributed by atoms with E-state index in [1.807, 2.05) is 0 Å². The molecule has 1 aliphatic rings. The van der Waals surface area contributed by atoms with E-state index in [0.29, 0.717) is 24.2 Å². The molecule has 0 saturated carbocycles. The minimum absolute atomic E-state index is 0.297. The van der Waals surface area contributed by atoms with Crippen LogP contribution in [0.1, 0.15) is 32.6 Å². The number of hydrogen-bond acceptors (Lipinski definition) is 4. The van der Waals surface area contributed by atoms with Crippen LogP contribution in [0.25, 0.3) is 0 Å². The number of unbranched alkanes of at least 4 members (excludes halogenated alkanes) is 2. The first-order valence-electron chi connectivity index (χ1n) is 5.89. The molecule has 98 valence electrons. The highest BCUT2D eigenvalue weighted by atomic mass is 16.5. The summed E-state index contributed by atoms with van der Waals surface area (Å²) in [5, 5.41) is 2.20. The van der Waals surface area contributed by atoms with Gasteiger partial charge in [-0.1, -0.05) is 6.58 Å². The van der Waals surface area contributed by atoms with Crippen molar-refractivity contribution in [3.63, 3.8) is 0 Å². The lowest BCUT2D eigenvalue weighted by atomic mass is 10.1. The van der Waals surface area contributed by atoms with Crippen molar-refractivity contribution >= 4 is 17.8 Å². The molecule has 5 nitrogen and oxygen atoms in total. The summed E-state index contributed by atoms with van der Waals surface area (Å²) in [6.45, 7) is 5.44. The Labute approximate surface area is 106 Å². The molecular formula is C13H17NO4. The predicted octanol–water partition coefficient (Wildman–Crippen LogP) is 1.25. The van der Waals surface area contributed by atoms with Gasteiger partial charge in [-0.3, -0.25) is 14.9 Å². The summed E-state index contributed by atoms with van der Waals surface area (Å²) in [4.78, 5) is 33.1. The zero-order valence-electron chi connectivity index (χ0n) is 10.5. The highest BCUT2D eigenvalue weighted by Gasteiger charge is 2.19. The van der Waals surface area contributed by atoms with Gasteiger partial charge in [0.05, 0.1) is 6.61 Å². The standard InChI is InChI=1S/C13H17NO4/c1-9(2)13(17)18-7-5-3-4-6-10-8-11(15)14-12(10)16/h8H,1,3-7H2,2H3,(H,14,15,16). The summed E-state index contributed by atoms with van der Waals surface area (Å²) in [6.07, 6.45) is 4.27. The van der Waals surface area contributed by atoms with Crippen LogP contribution in [-0.2, 0) is 19.1 Å². The van der Waals surface area contributed by atoms with Gasteiger partial charge in [-0.05, 0) is 32.6 Å². The Balaban J connectivity index is 2.08. The third-order valence-corrected chi connectivity index (χ3v) is 2.51. The van der Waals surface area contributed by atoms with Crippen molar-refractivity contribution in [2.45, 2.75) is 32.6 Å². The second kappa shape index (κ2) is 6.74. The summed E-state index contributed by atoms with van der Waals surface area (Å²) in [5.74, 6) is -1.02. The lowest BCUT2D eigenvalue weighted by molar-refractivity contribution is -0.139. The maximum absolute atomic E-state index is 11.2. The number of ether oxygens (including phenoxy) is 1. The van der Waals surface area contributed by atoms with Crippen molar-refractivity contribution < 1.29 is 19.1 Å². The first-order chi connectivity index (χ1) is 8.50. The number of esters is 1. The zero-order valence-corrected chi connectivity index (χ0v) is 10.5. The minimum Gasteiger partial charge on any atom is -0.462 e. The molecule has 0 aromatic rings. The van der Waals surface area contributed by atoms with Gasteiger partial charge in [0.15, 0.2) is 0 Å². The lowest BCUT2D eigenvalue weighted by Gasteiger charge is -2.04. The van der Waals surface area contributed by atoms with Gasteiger partial charge >= 0.3 is 5.97 Å². The monoisotopic (exact) mass is 251 g/mol. The molecule has 0 atom stereocenters. The Morgan fingerprint density at radius 2 is 2.06 bits per heavy atom. The van der Waals surface area contributed by atoms with E-state index in [4.69, 9.17) is 4.74 Å². The van der Waals surface area contributed by atoms with Gasteiger partial charge in [0.25, 0.3) is 11.8 Å². The van der Waals surface area contributed by atoms with Crippen LogP contribution in [0.3, 0.4) is 0 Å². The molecule has 0 fully saturated rings. The van der Waals surface area contributed by atoms with Crippen LogP contribution in [0.4, 0.5) is 0 Å². The van der Waals surface area contributed by atoms with Crippen molar-refractivity contribution in [3.8, 4) is 0 Å². The maximum atomic E-state index is 11.2.